The van der Waals surface area contributed by atoms with Gasteiger partial charge in [0.25, 0.3) is 5.91 Å². The summed E-state index contributed by atoms with van der Waals surface area (Å²) >= 11 is 7.84. The molecular weight excluding hydrogens is 328 g/mol. The number of rotatable bonds is 3. The number of fused-ring (bicyclic) bond motifs is 1. The molecule has 0 atom stereocenters. The van der Waals surface area contributed by atoms with Crippen LogP contribution in [0.4, 0.5) is 5.69 Å². The van der Waals surface area contributed by atoms with Crippen molar-refractivity contribution < 1.29 is 4.79 Å². The number of benzene rings is 1. The smallest absolute Gasteiger partial charge is 0.272 e. The Balaban J connectivity index is 1.73. The molecule has 3 aromatic rings. The molecule has 0 unspecified atom stereocenters. The van der Waals surface area contributed by atoms with Crippen LogP contribution in [0.5, 0.6) is 0 Å². The number of nitrogens with zero attached hydrogens (tertiary/aromatic N) is 1. The van der Waals surface area contributed by atoms with Crippen molar-refractivity contribution in [1.29, 1.82) is 0 Å². The van der Waals surface area contributed by atoms with Crippen molar-refractivity contribution in [2.75, 3.05) is 5.32 Å². The lowest BCUT2D eigenvalue weighted by atomic mass is 10.2. The first-order chi connectivity index (χ1) is 11.2. The second-order valence-corrected chi connectivity index (χ2v) is 7.30. The van der Waals surface area contributed by atoms with Gasteiger partial charge in [0.05, 0.1) is 20.9 Å². The third kappa shape index (κ3) is 2.66. The molecule has 5 heteroatoms. The van der Waals surface area contributed by atoms with E-state index < -0.39 is 0 Å². The van der Waals surface area contributed by atoms with Crippen molar-refractivity contribution in [3.8, 4) is 0 Å². The standard InChI is InChI=1S/C18H17ClN2OS/c19-13-7-3-4-8-14(13)20-18(22)16-11-17-15(9-10-23-17)21(16)12-5-1-2-6-12/h3-4,7-12H,1-2,5-6H2,(H,20,22). The van der Waals surface area contributed by atoms with Crippen LogP contribution in [-0.2, 0) is 0 Å². The SMILES string of the molecule is O=C(Nc1ccccc1Cl)c1cc2sccc2n1C1CCCC1. The lowest BCUT2D eigenvalue weighted by Crippen LogP contribution is -2.19. The van der Waals surface area contributed by atoms with Crippen LogP contribution in [0.25, 0.3) is 10.2 Å². The number of carbonyl (C=O) groups excluding carboxylic acids is 1. The average Bonchev–Trinajstić information content (AvgIpc) is 3.24. The number of hydrogen-bond donors (Lipinski definition) is 1. The molecule has 0 radical (unpaired) electrons. The second kappa shape index (κ2) is 6.02. The van der Waals surface area contributed by atoms with Crippen LogP contribution in [-0.4, -0.2) is 10.5 Å². The summed E-state index contributed by atoms with van der Waals surface area (Å²) < 4.78 is 3.39. The van der Waals surface area contributed by atoms with Gasteiger partial charge in [0.15, 0.2) is 0 Å². The number of nitrogens with one attached hydrogen (secondary N) is 1. The van der Waals surface area contributed by atoms with Gasteiger partial charge in [-0.3, -0.25) is 4.79 Å². The molecule has 0 bridgehead atoms. The van der Waals surface area contributed by atoms with Crippen molar-refractivity contribution in [1.82, 2.24) is 4.57 Å². The summed E-state index contributed by atoms with van der Waals surface area (Å²) in [6, 6.07) is 11.9. The maximum Gasteiger partial charge on any atom is 0.272 e. The second-order valence-electron chi connectivity index (χ2n) is 5.94. The summed E-state index contributed by atoms with van der Waals surface area (Å²) in [4.78, 5) is 12.8. The molecule has 1 amide bonds. The Hall–Kier alpha value is -1.78. The molecule has 1 saturated carbocycles. The van der Waals surface area contributed by atoms with Crippen molar-refractivity contribution in [3.05, 3.63) is 52.5 Å². The summed E-state index contributed by atoms with van der Waals surface area (Å²) in [5.41, 5.74) is 2.56. The topological polar surface area (TPSA) is 34.0 Å². The molecule has 0 saturated heterocycles. The first-order valence-corrected chi connectivity index (χ1v) is 9.14. The van der Waals surface area contributed by atoms with Crippen LogP contribution >= 0.6 is 22.9 Å². The molecule has 1 fully saturated rings. The van der Waals surface area contributed by atoms with Crippen molar-refractivity contribution in [2.45, 2.75) is 31.7 Å². The van der Waals surface area contributed by atoms with Crippen LogP contribution in [0.3, 0.4) is 0 Å². The van der Waals surface area contributed by atoms with Crippen LogP contribution in [0.15, 0.2) is 41.8 Å². The fourth-order valence-corrected chi connectivity index (χ4v) is 4.42. The van der Waals surface area contributed by atoms with Gasteiger partial charge in [-0.25, -0.2) is 0 Å². The predicted octanol–water partition coefficient (Wildman–Crippen LogP) is 5.72. The molecule has 118 valence electrons. The highest BCUT2D eigenvalue weighted by Gasteiger charge is 2.25. The first kappa shape index (κ1) is 14.8. The number of para-hydroxylation sites is 1. The summed E-state index contributed by atoms with van der Waals surface area (Å²) in [5.74, 6) is -0.0894. The van der Waals surface area contributed by atoms with Gasteiger partial charge in [0.1, 0.15) is 5.69 Å². The summed E-state index contributed by atoms with van der Waals surface area (Å²) in [7, 11) is 0. The average molecular weight is 345 g/mol. The van der Waals surface area contributed by atoms with E-state index in [0.717, 1.165) is 18.5 Å². The summed E-state index contributed by atoms with van der Waals surface area (Å²) in [6.45, 7) is 0. The molecule has 1 aliphatic carbocycles. The minimum atomic E-state index is -0.0894. The highest BCUT2D eigenvalue weighted by molar-refractivity contribution is 7.17. The van der Waals surface area contributed by atoms with Crippen LogP contribution < -0.4 is 5.32 Å². The summed E-state index contributed by atoms with van der Waals surface area (Å²) in [5, 5.41) is 5.60. The Bertz CT molecular complexity index is 861. The molecule has 1 aliphatic rings. The molecule has 2 heterocycles. The molecule has 3 nitrogen and oxygen atoms in total. The number of halogens is 1. The first-order valence-electron chi connectivity index (χ1n) is 7.88. The zero-order valence-electron chi connectivity index (χ0n) is 12.6. The van der Waals surface area contributed by atoms with Crippen molar-refractivity contribution in [2.24, 2.45) is 0 Å². The van der Waals surface area contributed by atoms with Gasteiger partial charge < -0.3 is 9.88 Å². The van der Waals surface area contributed by atoms with E-state index in [1.165, 1.54) is 23.1 Å². The van der Waals surface area contributed by atoms with Gasteiger partial charge in [-0.2, -0.15) is 0 Å². The molecule has 0 spiro atoms. The van der Waals surface area contributed by atoms with E-state index in [2.05, 4.69) is 21.3 Å². The number of aromatic nitrogens is 1. The van der Waals surface area contributed by atoms with Gasteiger partial charge in [-0.05, 0) is 42.5 Å². The third-order valence-electron chi connectivity index (χ3n) is 4.50. The van der Waals surface area contributed by atoms with Crippen LogP contribution in [0.1, 0.15) is 42.2 Å². The largest absolute Gasteiger partial charge is 0.333 e. The van der Waals surface area contributed by atoms with E-state index in [1.807, 2.05) is 24.3 Å². The number of anilines is 1. The molecular formula is C18H17ClN2OS. The summed E-state index contributed by atoms with van der Waals surface area (Å²) in [6.07, 6.45) is 4.76. The zero-order valence-corrected chi connectivity index (χ0v) is 14.2. The van der Waals surface area contributed by atoms with Gasteiger partial charge in [0.2, 0.25) is 0 Å². The maximum absolute atomic E-state index is 12.8. The Labute approximate surface area is 143 Å². The van der Waals surface area contributed by atoms with E-state index in [9.17, 15) is 4.79 Å². The lowest BCUT2D eigenvalue weighted by Gasteiger charge is -2.17. The Morgan fingerprint density at radius 2 is 2.00 bits per heavy atom. The van der Waals surface area contributed by atoms with Crippen LogP contribution in [0.2, 0.25) is 5.02 Å². The Kier molecular flexibility index (Phi) is 3.87. The number of carbonyl (C=O) groups is 1. The normalized spacial score (nSPS) is 15.3. The fraction of sp³-hybridized carbons (Fsp3) is 0.278. The quantitative estimate of drug-likeness (QED) is 0.647. The van der Waals surface area contributed by atoms with Crippen LogP contribution in [0, 0.1) is 0 Å². The molecule has 1 N–H and O–H groups in total. The van der Waals surface area contributed by atoms with E-state index in [1.54, 1.807) is 17.4 Å². The van der Waals surface area contributed by atoms with E-state index in [4.69, 9.17) is 11.6 Å². The predicted molar refractivity (Wildman–Crippen MR) is 96.7 cm³/mol. The number of hydrogen-bond acceptors (Lipinski definition) is 2. The third-order valence-corrected chi connectivity index (χ3v) is 5.69. The molecule has 4 rings (SSSR count). The number of thiophene rings is 1. The van der Waals surface area contributed by atoms with Gasteiger partial charge in [0, 0.05) is 6.04 Å². The van der Waals surface area contributed by atoms with Gasteiger partial charge in [-0.15, -0.1) is 11.3 Å². The number of amides is 1. The fourth-order valence-electron chi connectivity index (χ4n) is 3.42. The maximum atomic E-state index is 12.8. The Morgan fingerprint density at radius 1 is 1.22 bits per heavy atom. The molecule has 1 aromatic carbocycles. The Morgan fingerprint density at radius 3 is 2.78 bits per heavy atom. The van der Waals surface area contributed by atoms with Crippen molar-refractivity contribution in [3.63, 3.8) is 0 Å². The molecule has 23 heavy (non-hydrogen) atoms. The minimum absolute atomic E-state index is 0.0894. The molecule has 2 aromatic heterocycles. The van der Waals surface area contributed by atoms with E-state index in [-0.39, 0.29) is 5.91 Å². The van der Waals surface area contributed by atoms with Crippen molar-refractivity contribution >= 4 is 44.7 Å². The van der Waals surface area contributed by atoms with Gasteiger partial charge >= 0.3 is 0 Å². The van der Waals surface area contributed by atoms with Gasteiger partial charge in [-0.1, -0.05) is 36.6 Å². The molecule has 0 aliphatic heterocycles. The zero-order chi connectivity index (χ0) is 15.8. The van der Waals surface area contributed by atoms with E-state index in [0.29, 0.717) is 16.8 Å². The highest BCUT2D eigenvalue weighted by Crippen LogP contribution is 2.36. The lowest BCUT2D eigenvalue weighted by molar-refractivity contribution is 0.101. The highest BCUT2D eigenvalue weighted by atomic mass is 35.5. The van der Waals surface area contributed by atoms with E-state index >= 15 is 0 Å². The minimum Gasteiger partial charge on any atom is -0.333 e. The monoisotopic (exact) mass is 344 g/mol.